The SMILES string of the molecule is O=c1nc(N2CC(O)C2)c2ccc(C(F)(F)F)nc2n1-c1ccccc1Cl. The van der Waals surface area contributed by atoms with Crippen LogP contribution >= 0.6 is 11.6 Å². The van der Waals surface area contributed by atoms with Gasteiger partial charge in [-0.3, -0.25) is 0 Å². The highest BCUT2D eigenvalue weighted by Crippen LogP contribution is 2.33. The lowest BCUT2D eigenvalue weighted by Crippen LogP contribution is -2.51. The highest BCUT2D eigenvalue weighted by Gasteiger charge is 2.34. The van der Waals surface area contributed by atoms with Crippen molar-refractivity contribution in [3.05, 3.63) is 57.6 Å². The Bertz CT molecular complexity index is 1090. The third-order valence-electron chi connectivity index (χ3n) is 4.27. The lowest BCUT2D eigenvalue weighted by atomic mass is 10.1. The standard InChI is InChI=1S/C17H12ClF3N4O2/c18-11-3-1-2-4-12(11)25-15-10(5-6-13(22-15)17(19,20)21)14(23-16(25)27)24-7-9(26)8-24/h1-6,9,26H,7-8H2. The topological polar surface area (TPSA) is 71.2 Å². The minimum Gasteiger partial charge on any atom is -0.389 e. The van der Waals surface area contributed by atoms with Crippen molar-refractivity contribution in [1.82, 2.24) is 14.5 Å². The second-order valence-corrected chi connectivity index (χ2v) is 6.54. The van der Waals surface area contributed by atoms with Gasteiger partial charge in [-0.1, -0.05) is 23.7 Å². The Hall–Kier alpha value is -2.65. The van der Waals surface area contributed by atoms with Crippen molar-refractivity contribution in [1.29, 1.82) is 0 Å². The second-order valence-electron chi connectivity index (χ2n) is 6.13. The van der Waals surface area contributed by atoms with Crippen molar-refractivity contribution in [3.63, 3.8) is 0 Å². The molecule has 1 aliphatic heterocycles. The molecule has 0 amide bonds. The molecule has 6 nitrogen and oxygen atoms in total. The molecule has 2 aromatic heterocycles. The Labute approximate surface area is 155 Å². The Balaban J connectivity index is 2.05. The molecule has 27 heavy (non-hydrogen) atoms. The van der Waals surface area contributed by atoms with Crippen molar-refractivity contribution in [3.8, 4) is 5.69 Å². The summed E-state index contributed by atoms with van der Waals surface area (Å²) in [6.45, 7) is 0.470. The minimum absolute atomic E-state index is 0.175. The van der Waals surface area contributed by atoms with Gasteiger partial charge in [-0.15, -0.1) is 0 Å². The quantitative estimate of drug-likeness (QED) is 0.721. The molecular weight excluding hydrogens is 385 g/mol. The Morgan fingerprint density at radius 3 is 2.44 bits per heavy atom. The molecule has 3 heterocycles. The van der Waals surface area contributed by atoms with Gasteiger partial charge in [0.1, 0.15) is 11.5 Å². The minimum atomic E-state index is -4.67. The highest BCUT2D eigenvalue weighted by molar-refractivity contribution is 6.32. The fourth-order valence-corrected chi connectivity index (χ4v) is 3.18. The van der Waals surface area contributed by atoms with Gasteiger partial charge in [0, 0.05) is 13.1 Å². The number of alkyl halides is 3. The fourth-order valence-electron chi connectivity index (χ4n) is 2.96. The van der Waals surface area contributed by atoms with E-state index in [4.69, 9.17) is 11.6 Å². The van der Waals surface area contributed by atoms with Crippen molar-refractivity contribution in [2.24, 2.45) is 0 Å². The molecule has 1 saturated heterocycles. The summed E-state index contributed by atoms with van der Waals surface area (Å²) in [5, 5.41) is 9.94. The third kappa shape index (κ3) is 3.02. The van der Waals surface area contributed by atoms with E-state index in [0.29, 0.717) is 0 Å². The zero-order valence-electron chi connectivity index (χ0n) is 13.6. The summed E-state index contributed by atoms with van der Waals surface area (Å²) < 4.78 is 40.5. The van der Waals surface area contributed by atoms with E-state index in [9.17, 15) is 23.1 Å². The molecule has 0 radical (unpaired) electrons. The van der Waals surface area contributed by atoms with E-state index in [1.807, 2.05) is 0 Å². The number of aliphatic hydroxyl groups excluding tert-OH is 1. The Morgan fingerprint density at radius 1 is 1.11 bits per heavy atom. The van der Waals surface area contributed by atoms with Crippen LogP contribution in [-0.4, -0.2) is 38.8 Å². The van der Waals surface area contributed by atoms with E-state index in [0.717, 1.165) is 10.6 Å². The maximum Gasteiger partial charge on any atom is 0.433 e. The van der Waals surface area contributed by atoms with Crippen LogP contribution in [0.15, 0.2) is 41.2 Å². The molecule has 1 aromatic carbocycles. The number of halogens is 4. The van der Waals surface area contributed by atoms with Gasteiger partial charge in [-0.25, -0.2) is 14.3 Å². The summed E-state index contributed by atoms with van der Waals surface area (Å²) in [5.74, 6) is 0.185. The van der Waals surface area contributed by atoms with Crippen LogP contribution in [0.3, 0.4) is 0 Å². The van der Waals surface area contributed by atoms with Crippen LogP contribution in [-0.2, 0) is 6.18 Å². The molecule has 0 saturated carbocycles. The lowest BCUT2D eigenvalue weighted by Gasteiger charge is -2.37. The summed E-state index contributed by atoms with van der Waals surface area (Å²) in [7, 11) is 0. The smallest absolute Gasteiger partial charge is 0.389 e. The molecule has 0 spiro atoms. The first-order chi connectivity index (χ1) is 12.8. The van der Waals surface area contributed by atoms with Gasteiger partial charge in [0.25, 0.3) is 0 Å². The zero-order valence-corrected chi connectivity index (χ0v) is 14.4. The molecule has 3 aromatic rings. The largest absolute Gasteiger partial charge is 0.433 e. The van der Waals surface area contributed by atoms with Gasteiger partial charge in [-0.05, 0) is 24.3 Å². The number of para-hydroxylation sites is 1. The predicted octanol–water partition coefficient (Wildman–Crippen LogP) is 2.63. The number of nitrogens with zero attached hydrogens (tertiary/aromatic N) is 4. The molecule has 140 valence electrons. The van der Waals surface area contributed by atoms with Gasteiger partial charge in [0.05, 0.1) is 22.2 Å². The molecule has 4 rings (SSSR count). The molecule has 1 N–H and O–H groups in total. The summed E-state index contributed by atoms with van der Waals surface area (Å²) in [6, 6.07) is 8.32. The number of anilines is 1. The number of hydrogen-bond donors (Lipinski definition) is 1. The van der Waals surface area contributed by atoms with Crippen molar-refractivity contribution in [2.45, 2.75) is 12.3 Å². The van der Waals surface area contributed by atoms with Crippen LogP contribution in [0, 0.1) is 0 Å². The summed E-state index contributed by atoms with van der Waals surface area (Å²) in [4.78, 5) is 22.0. The maximum atomic E-state index is 13.2. The highest BCUT2D eigenvalue weighted by atomic mass is 35.5. The van der Waals surface area contributed by atoms with Gasteiger partial charge in [0.15, 0.2) is 5.65 Å². The van der Waals surface area contributed by atoms with E-state index >= 15 is 0 Å². The van der Waals surface area contributed by atoms with Gasteiger partial charge >= 0.3 is 11.9 Å². The van der Waals surface area contributed by atoms with Crippen LogP contribution in [0.5, 0.6) is 0 Å². The predicted molar refractivity (Wildman–Crippen MR) is 93.4 cm³/mol. The number of rotatable bonds is 2. The normalized spacial score (nSPS) is 15.2. The monoisotopic (exact) mass is 396 g/mol. The Morgan fingerprint density at radius 2 is 1.81 bits per heavy atom. The van der Waals surface area contributed by atoms with Crippen LogP contribution in [0.4, 0.5) is 19.0 Å². The Kier molecular flexibility index (Phi) is 4.08. The van der Waals surface area contributed by atoms with Crippen LogP contribution in [0.2, 0.25) is 5.02 Å². The van der Waals surface area contributed by atoms with Gasteiger partial charge < -0.3 is 10.0 Å². The van der Waals surface area contributed by atoms with Crippen LogP contribution in [0.25, 0.3) is 16.7 Å². The van der Waals surface area contributed by atoms with Crippen LogP contribution < -0.4 is 10.6 Å². The van der Waals surface area contributed by atoms with E-state index < -0.39 is 23.7 Å². The molecule has 0 unspecified atom stereocenters. The number of β-amino-alcohol motifs (C(OH)–C–C–N with tert-alkyl or cyclic N) is 1. The molecule has 1 fully saturated rings. The van der Waals surface area contributed by atoms with E-state index in [1.54, 1.807) is 17.0 Å². The lowest BCUT2D eigenvalue weighted by molar-refractivity contribution is -0.141. The van der Waals surface area contributed by atoms with E-state index in [2.05, 4.69) is 9.97 Å². The van der Waals surface area contributed by atoms with Gasteiger partial charge in [-0.2, -0.15) is 18.2 Å². The average Bonchev–Trinajstić information content (AvgIpc) is 2.58. The van der Waals surface area contributed by atoms with Gasteiger partial charge in [0.2, 0.25) is 0 Å². The number of aliphatic hydroxyl groups is 1. The van der Waals surface area contributed by atoms with Crippen molar-refractivity contribution >= 4 is 28.5 Å². The molecular formula is C17H12ClF3N4O2. The number of pyridine rings is 1. The van der Waals surface area contributed by atoms with E-state index in [1.165, 1.54) is 18.2 Å². The van der Waals surface area contributed by atoms with Crippen LogP contribution in [0.1, 0.15) is 5.69 Å². The number of aromatic nitrogens is 3. The summed E-state index contributed by atoms with van der Waals surface area (Å²) in [6.07, 6.45) is -5.25. The summed E-state index contributed by atoms with van der Waals surface area (Å²) >= 11 is 6.14. The first kappa shape index (κ1) is 17.7. The van der Waals surface area contributed by atoms with Crippen molar-refractivity contribution in [2.75, 3.05) is 18.0 Å². The first-order valence-corrected chi connectivity index (χ1v) is 8.32. The number of fused-ring (bicyclic) bond motifs is 1. The molecule has 1 aliphatic rings. The fraction of sp³-hybridized carbons (Fsp3) is 0.235. The number of benzene rings is 1. The molecule has 10 heteroatoms. The third-order valence-corrected chi connectivity index (χ3v) is 4.59. The maximum absolute atomic E-state index is 13.2. The summed E-state index contributed by atoms with van der Waals surface area (Å²) in [5.41, 5.74) is -1.95. The van der Waals surface area contributed by atoms with Crippen molar-refractivity contribution < 1.29 is 18.3 Å². The average molecular weight is 397 g/mol. The first-order valence-electron chi connectivity index (χ1n) is 7.94. The number of hydrogen-bond acceptors (Lipinski definition) is 5. The molecule has 0 aliphatic carbocycles. The molecule has 0 atom stereocenters. The van der Waals surface area contributed by atoms with E-state index in [-0.39, 0.29) is 40.7 Å². The zero-order chi connectivity index (χ0) is 19.3. The second kappa shape index (κ2) is 6.21. The molecule has 0 bridgehead atoms.